The molecule has 4 aliphatic heterocycles. The van der Waals surface area contributed by atoms with Gasteiger partial charge in [-0.25, -0.2) is 0 Å². The Morgan fingerprint density at radius 3 is 0.681 bits per heavy atom. The van der Waals surface area contributed by atoms with Gasteiger partial charge in [-0.05, 0) is 86.9 Å². The Bertz CT molecular complexity index is 1880. The van der Waals surface area contributed by atoms with E-state index in [9.17, 15) is 105 Å². The first-order valence-electron chi connectivity index (χ1n) is 22.2. The van der Waals surface area contributed by atoms with Crippen LogP contribution in [0.4, 0.5) is 105 Å². The molecule has 12 rings (SSSR count). The van der Waals surface area contributed by atoms with Crippen LogP contribution in [0.1, 0.15) is 51.4 Å². The highest BCUT2D eigenvalue weighted by Crippen LogP contribution is 2.74. The Morgan fingerprint density at radius 1 is 0.250 bits per heavy atom. The summed E-state index contributed by atoms with van der Waals surface area (Å²) in [6.07, 6.45) is -44.9. The predicted molar refractivity (Wildman–Crippen MR) is 196 cm³/mol. The number of ether oxygens (including phenoxy) is 4. The zero-order chi connectivity index (χ0) is 54.0. The summed E-state index contributed by atoms with van der Waals surface area (Å²) in [6, 6.07) is 0. The fourth-order valence-corrected chi connectivity index (χ4v) is 17.3. The summed E-state index contributed by atoms with van der Waals surface area (Å²) < 4.78 is 326. The van der Waals surface area contributed by atoms with E-state index in [1.165, 1.54) is 0 Å². The van der Waals surface area contributed by atoms with Gasteiger partial charge in [0.1, 0.15) is 0 Å². The van der Waals surface area contributed by atoms with E-state index < -0.39 is 154 Å². The standard InChI is InChI=1S/4C10H9ClF6O/c2*11-5-2-3-1-4(5)6-7(3)18-8(6,9(12,13)14)10(15,16)17;2*11-5-2-3-1-4(5)7-6(3)8(18-7,9(12,13)14)10(15,16)17/h4*3-7H,1-2H2/t4*3-,4+,5?,6?,7?/m1010/s1. The Kier molecular flexibility index (Phi) is 12.8. The fraction of sp³-hybridized carbons (Fsp3) is 1.00. The smallest absolute Gasteiger partial charge is 0.354 e. The van der Waals surface area contributed by atoms with Crippen LogP contribution in [0.3, 0.4) is 0 Å². The van der Waals surface area contributed by atoms with E-state index in [0.717, 1.165) is 0 Å². The molecule has 72 heavy (non-hydrogen) atoms. The highest BCUT2D eigenvalue weighted by molar-refractivity contribution is 6.22. The van der Waals surface area contributed by atoms with E-state index in [-0.39, 0.29) is 47.3 Å². The number of fused-ring (bicyclic) bond motifs is 20. The second kappa shape index (κ2) is 16.5. The van der Waals surface area contributed by atoms with Crippen molar-refractivity contribution in [2.45, 2.75) is 169 Å². The number of hydrogen-bond donors (Lipinski definition) is 0. The van der Waals surface area contributed by atoms with Crippen molar-refractivity contribution in [3.05, 3.63) is 0 Å². The molecule has 12 fully saturated rings. The molecule has 0 amide bonds. The fourth-order valence-electron chi connectivity index (χ4n) is 15.3. The average molecular weight is 1180 g/mol. The van der Waals surface area contributed by atoms with Gasteiger partial charge < -0.3 is 18.9 Å². The van der Waals surface area contributed by atoms with E-state index in [0.29, 0.717) is 38.5 Å². The molecule has 12 aliphatic rings. The molecule has 0 aromatic heterocycles. The molecule has 4 heterocycles. The highest BCUT2D eigenvalue weighted by Gasteiger charge is 2.90. The van der Waals surface area contributed by atoms with Crippen molar-refractivity contribution in [2.24, 2.45) is 71.0 Å². The van der Waals surface area contributed by atoms with E-state index in [1.807, 2.05) is 0 Å². The zero-order valence-corrected chi connectivity index (χ0v) is 38.4. The molecule has 32 heteroatoms. The van der Waals surface area contributed by atoms with Crippen LogP contribution in [0.15, 0.2) is 0 Å². The Hall–Kier alpha value is -0.680. The minimum atomic E-state index is -5.45. The summed E-state index contributed by atoms with van der Waals surface area (Å²) in [6.45, 7) is 0. The van der Waals surface area contributed by atoms with Gasteiger partial charge in [-0.15, -0.1) is 46.4 Å². The summed E-state index contributed by atoms with van der Waals surface area (Å²) in [5.41, 5.74) is -15.9. The van der Waals surface area contributed by atoms with E-state index in [4.69, 9.17) is 46.4 Å². The molecule has 416 valence electrons. The highest BCUT2D eigenvalue weighted by atomic mass is 35.5. The lowest BCUT2D eigenvalue weighted by atomic mass is 9.68. The molecule has 0 spiro atoms. The van der Waals surface area contributed by atoms with Gasteiger partial charge >= 0.3 is 49.4 Å². The van der Waals surface area contributed by atoms with Crippen LogP contribution in [0, 0.1) is 71.0 Å². The molecule has 8 saturated carbocycles. The first kappa shape index (κ1) is 56.1. The van der Waals surface area contributed by atoms with Crippen molar-refractivity contribution < 1.29 is 124 Å². The third kappa shape index (κ3) is 7.25. The second-order valence-corrected chi connectivity index (χ2v) is 23.2. The van der Waals surface area contributed by atoms with Crippen LogP contribution in [-0.2, 0) is 18.9 Å². The van der Waals surface area contributed by atoms with Gasteiger partial charge in [-0.2, -0.15) is 105 Å². The molecule has 8 aliphatic carbocycles. The largest absolute Gasteiger partial charge is 0.426 e. The van der Waals surface area contributed by atoms with Crippen molar-refractivity contribution in [2.75, 3.05) is 0 Å². The lowest BCUT2D eigenvalue weighted by molar-refractivity contribution is -0.470. The van der Waals surface area contributed by atoms with Crippen LogP contribution in [-0.4, -0.2) is 118 Å². The number of halogens is 28. The molecular formula is C40H36Cl4F24O4. The maximum absolute atomic E-state index is 12.9. The number of rotatable bonds is 0. The van der Waals surface area contributed by atoms with Crippen molar-refractivity contribution in [1.29, 1.82) is 0 Å². The third-order valence-corrected chi connectivity index (χ3v) is 19.9. The van der Waals surface area contributed by atoms with Gasteiger partial charge in [-0.3, -0.25) is 0 Å². The maximum atomic E-state index is 12.9. The quantitative estimate of drug-likeness (QED) is 0.179. The summed E-state index contributed by atoms with van der Waals surface area (Å²) >= 11 is 23.4. The first-order valence-corrected chi connectivity index (χ1v) is 23.9. The van der Waals surface area contributed by atoms with Gasteiger partial charge in [0.25, 0.3) is 22.4 Å². The first-order chi connectivity index (χ1) is 32.4. The van der Waals surface area contributed by atoms with E-state index in [1.54, 1.807) is 0 Å². The Labute approximate surface area is 410 Å². The molecule has 0 aromatic carbocycles. The molecule has 0 radical (unpaired) electrons. The van der Waals surface area contributed by atoms with Gasteiger partial charge in [0.2, 0.25) is 0 Å². The van der Waals surface area contributed by atoms with Crippen LogP contribution in [0.2, 0.25) is 0 Å². The van der Waals surface area contributed by atoms with Gasteiger partial charge in [0.15, 0.2) is 0 Å². The molecule has 4 nitrogen and oxygen atoms in total. The molecule has 4 saturated heterocycles. The average Bonchev–Trinajstić information content (AvgIpc) is 3.96. The summed E-state index contributed by atoms with van der Waals surface area (Å²) in [7, 11) is 0. The van der Waals surface area contributed by atoms with Gasteiger partial charge in [-0.1, -0.05) is 0 Å². The van der Waals surface area contributed by atoms with Crippen LogP contribution < -0.4 is 0 Å². The van der Waals surface area contributed by atoms with Crippen molar-refractivity contribution in [3.63, 3.8) is 0 Å². The van der Waals surface area contributed by atoms with Gasteiger partial charge in [0, 0.05) is 57.0 Å². The molecule has 0 N–H and O–H groups in total. The predicted octanol–water partition coefficient (Wildman–Crippen LogP) is 14.0. The van der Waals surface area contributed by atoms with Gasteiger partial charge in [0.05, 0.1) is 24.4 Å². The zero-order valence-electron chi connectivity index (χ0n) is 35.4. The SMILES string of the molecule is FC(F)(F)C1(C(F)(F)F)OC2C1[C@@H]1CC(Cl)[C@H]2C1.FC(F)(F)C1(C(F)(F)F)OC2C1[C@@H]1C[C@H]2CC1Cl.FC(F)(F)C1(C(F)(F)F)OC2C1[C@H]1CC(Cl)[C@@H]2C1.FC(F)(F)C1(C(F)(F)F)OC2C1[C@H]1C[C@@H]2CC1Cl. The Balaban J connectivity index is 0.000000119. The second-order valence-electron chi connectivity index (χ2n) is 21.0. The van der Waals surface area contributed by atoms with Crippen molar-refractivity contribution in [1.82, 2.24) is 0 Å². The molecule has 12 unspecified atom stereocenters. The number of hydrogen-bond acceptors (Lipinski definition) is 4. The third-order valence-electron chi connectivity index (χ3n) is 17.9. The van der Waals surface area contributed by atoms with Crippen LogP contribution >= 0.6 is 46.4 Å². The van der Waals surface area contributed by atoms with Crippen molar-refractivity contribution >= 4 is 46.4 Å². The van der Waals surface area contributed by atoms with Crippen LogP contribution in [0.25, 0.3) is 0 Å². The monoisotopic (exact) mass is 1180 g/mol. The van der Waals surface area contributed by atoms with E-state index in [2.05, 4.69) is 18.9 Å². The molecule has 8 bridgehead atoms. The van der Waals surface area contributed by atoms with E-state index >= 15 is 0 Å². The minimum Gasteiger partial charge on any atom is -0.354 e. The van der Waals surface area contributed by atoms with Crippen molar-refractivity contribution in [3.8, 4) is 0 Å². The molecule has 20 atom stereocenters. The molecule has 0 aromatic rings. The lowest BCUT2D eigenvalue weighted by Gasteiger charge is -2.57. The maximum Gasteiger partial charge on any atom is 0.426 e. The topological polar surface area (TPSA) is 36.9 Å². The lowest BCUT2D eigenvalue weighted by Crippen LogP contribution is -2.76. The molecular weight excluding hydrogens is 1140 g/mol. The Morgan fingerprint density at radius 2 is 0.444 bits per heavy atom. The van der Waals surface area contributed by atoms with Crippen LogP contribution in [0.5, 0.6) is 0 Å². The summed E-state index contributed by atoms with van der Waals surface area (Å²) in [5, 5.41) is -1.94. The summed E-state index contributed by atoms with van der Waals surface area (Å²) in [5.74, 6) is -10.2. The minimum absolute atomic E-state index is 0.213. The normalized spacial score (nSPS) is 45.8. The number of alkyl halides is 28. The summed E-state index contributed by atoms with van der Waals surface area (Å²) in [4.78, 5) is 0.